The molecule has 2 atom stereocenters. The molecule has 7 rings (SSSR count). The number of fused-ring (bicyclic) bond motifs is 6. The number of imidazole rings is 2. The zero-order valence-corrected chi connectivity index (χ0v) is 19.2. The van der Waals surface area contributed by atoms with Crippen molar-refractivity contribution in [3.63, 3.8) is 0 Å². The second kappa shape index (κ2) is 6.43. The fraction of sp³-hybridized carbons (Fsp3) is 0.182. The maximum absolute atomic E-state index is 12.0. The van der Waals surface area contributed by atoms with Gasteiger partial charge >= 0.3 is 11.4 Å². The van der Waals surface area contributed by atoms with Gasteiger partial charge in [0.05, 0.1) is 32.5 Å². The summed E-state index contributed by atoms with van der Waals surface area (Å²) in [6, 6.07) is 3.47. The highest BCUT2D eigenvalue weighted by Crippen LogP contribution is 2.45. The summed E-state index contributed by atoms with van der Waals surface area (Å²) in [6.45, 7) is 0. The molecule has 34 heavy (non-hydrogen) atoms. The zero-order valence-electron chi connectivity index (χ0n) is 17.6. The van der Waals surface area contributed by atoms with Gasteiger partial charge in [-0.2, -0.15) is 0 Å². The molecule has 0 fully saturated rings. The lowest BCUT2D eigenvalue weighted by Gasteiger charge is -2.34. The van der Waals surface area contributed by atoms with E-state index in [1.165, 1.54) is 9.13 Å². The Morgan fingerprint density at radius 1 is 1.03 bits per heavy atom. The third-order valence-electron chi connectivity index (χ3n) is 6.38. The standard InChI is InChI=1S/C22H14Cl2N6O4/c1-29-11-5-13-9(3-7(11)27-21(29)31)25-17-16(24)20-18(15(23)19(17)33-13)26-10-4-8-12(6-14(10)34-20)30(2)22(32)28-8/h3-6,13,20H,1-2H3,(H,27,31)(H,28,32). The van der Waals surface area contributed by atoms with Crippen molar-refractivity contribution in [1.29, 1.82) is 0 Å². The van der Waals surface area contributed by atoms with Crippen LogP contribution in [0.15, 0.2) is 53.2 Å². The van der Waals surface area contributed by atoms with Crippen LogP contribution in [0, 0.1) is 0 Å². The van der Waals surface area contributed by atoms with E-state index in [0.717, 1.165) is 0 Å². The molecule has 0 saturated carbocycles. The second-order valence-corrected chi connectivity index (χ2v) is 9.12. The Morgan fingerprint density at radius 2 is 1.82 bits per heavy atom. The number of H-pyrrole nitrogens is 2. The minimum atomic E-state index is -0.780. The monoisotopic (exact) mass is 496 g/mol. The van der Waals surface area contributed by atoms with Gasteiger partial charge in [-0.1, -0.05) is 23.2 Å². The van der Waals surface area contributed by atoms with Gasteiger partial charge in [0, 0.05) is 20.2 Å². The van der Waals surface area contributed by atoms with Gasteiger partial charge in [0.25, 0.3) is 0 Å². The van der Waals surface area contributed by atoms with Crippen molar-refractivity contribution in [1.82, 2.24) is 19.1 Å². The van der Waals surface area contributed by atoms with Crippen LogP contribution < -0.4 is 26.8 Å². The number of hydrogen-bond donors (Lipinski definition) is 2. The third kappa shape index (κ3) is 2.46. The third-order valence-corrected chi connectivity index (χ3v) is 7.12. The van der Waals surface area contributed by atoms with E-state index in [1.54, 1.807) is 38.4 Å². The summed E-state index contributed by atoms with van der Waals surface area (Å²) in [6.07, 6.45) is 2.23. The van der Waals surface area contributed by atoms with E-state index in [-0.39, 0.29) is 21.4 Å². The molecule has 0 saturated heterocycles. The summed E-state index contributed by atoms with van der Waals surface area (Å²) in [5.74, 6) is 0.763. The molecule has 0 bridgehead atoms. The zero-order chi connectivity index (χ0) is 23.5. The lowest BCUT2D eigenvalue weighted by atomic mass is 10.00. The van der Waals surface area contributed by atoms with E-state index in [1.807, 2.05) is 0 Å². The van der Waals surface area contributed by atoms with Crippen molar-refractivity contribution in [3.05, 3.63) is 65.3 Å². The second-order valence-electron chi connectivity index (χ2n) is 8.34. The molecule has 170 valence electrons. The van der Waals surface area contributed by atoms with Crippen molar-refractivity contribution in [2.24, 2.45) is 24.1 Å². The molecule has 12 heteroatoms. The van der Waals surface area contributed by atoms with E-state index in [0.29, 0.717) is 56.0 Å². The fourth-order valence-electron chi connectivity index (χ4n) is 4.57. The molecule has 3 aromatic rings. The number of ether oxygens (including phenoxy) is 2. The van der Waals surface area contributed by atoms with Gasteiger partial charge in [0.15, 0.2) is 18.0 Å². The van der Waals surface area contributed by atoms with Crippen LogP contribution in [0.3, 0.4) is 0 Å². The van der Waals surface area contributed by atoms with Crippen molar-refractivity contribution < 1.29 is 9.47 Å². The molecule has 1 aromatic carbocycles. The highest BCUT2D eigenvalue weighted by molar-refractivity contribution is 6.48. The quantitative estimate of drug-likeness (QED) is 0.477. The topological polar surface area (TPSA) is 119 Å². The number of nitrogens with zero attached hydrogens (tertiary/aromatic N) is 4. The maximum atomic E-state index is 12.0. The minimum Gasteiger partial charge on any atom is -0.476 e. The number of hydrogen-bond acceptors (Lipinski definition) is 6. The average Bonchev–Trinajstić information content (AvgIpc) is 3.26. The smallest absolute Gasteiger partial charge is 0.326 e. The van der Waals surface area contributed by atoms with Gasteiger partial charge in [0.1, 0.15) is 27.9 Å². The first-order valence-electron chi connectivity index (χ1n) is 10.3. The molecule has 10 nitrogen and oxygen atoms in total. The maximum Gasteiger partial charge on any atom is 0.326 e. The Kier molecular flexibility index (Phi) is 3.72. The largest absolute Gasteiger partial charge is 0.476 e. The lowest BCUT2D eigenvalue weighted by Crippen LogP contribution is -2.42. The first kappa shape index (κ1) is 19.7. The summed E-state index contributed by atoms with van der Waals surface area (Å²) < 4.78 is 15.4. The first-order valence-corrected chi connectivity index (χ1v) is 11.1. The van der Waals surface area contributed by atoms with E-state index in [2.05, 4.69) is 9.97 Å². The number of aromatic nitrogens is 4. The van der Waals surface area contributed by atoms with Crippen LogP contribution in [0.2, 0.25) is 0 Å². The summed E-state index contributed by atoms with van der Waals surface area (Å²) in [4.78, 5) is 39.0. The number of aromatic amines is 2. The van der Waals surface area contributed by atoms with Crippen LogP contribution in [0.25, 0.3) is 23.2 Å². The first-order chi connectivity index (χ1) is 16.3. The molecule has 0 amide bonds. The molecule has 0 spiro atoms. The number of nitrogens with one attached hydrogen (secondary N) is 2. The number of aliphatic imine (C=N–C) groups is 2. The highest BCUT2D eigenvalue weighted by Gasteiger charge is 2.42. The number of benzene rings is 1. The summed E-state index contributed by atoms with van der Waals surface area (Å²) in [5, 5.41) is 1.86. The van der Waals surface area contributed by atoms with Crippen LogP contribution in [0.4, 0.5) is 5.69 Å². The van der Waals surface area contributed by atoms with Gasteiger partial charge in [-0.25, -0.2) is 19.6 Å². The Bertz CT molecular complexity index is 1860. The summed E-state index contributed by atoms with van der Waals surface area (Å²) in [7, 11) is 3.34. The molecule has 2 aromatic heterocycles. The van der Waals surface area contributed by atoms with E-state index < -0.39 is 12.2 Å². The predicted molar refractivity (Wildman–Crippen MR) is 127 cm³/mol. The van der Waals surface area contributed by atoms with Gasteiger partial charge < -0.3 is 19.4 Å². The minimum absolute atomic E-state index is 0.232. The van der Waals surface area contributed by atoms with Gasteiger partial charge in [0.2, 0.25) is 0 Å². The Morgan fingerprint density at radius 3 is 2.65 bits per heavy atom. The van der Waals surface area contributed by atoms with Crippen LogP contribution >= 0.6 is 23.2 Å². The molecule has 2 aliphatic carbocycles. The Labute approximate surface area is 199 Å². The normalized spacial score (nSPS) is 22.2. The lowest BCUT2D eigenvalue weighted by molar-refractivity contribution is 0.211. The highest BCUT2D eigenvalue weighted by atomic mass is 35.5. The molecular formula is C22H14Cl2N6O4. The SMILES string of the molecule is Cn1c(=O)[nH]c2c1=CC1OC3=C(Cl)C4=Nc5cc6[nH]c(=O)n(C)c6cc5OC4C(Cl)=C3N=C1C=2. The van der Waals surface area contributed by atoms with E-state index >= 15 is 0 Å². The van der Waals surface area contributed by atoms with Crippen LogP contribution in [-0.2, 0) is 18.8 Å². The summed E-state index contributed by atoms with van der Waals surface area (Å²) >= 11 is 13.5. The van der Waals surface area contributed by atoms with Gasteiger partial charge in [-0.15, -0.1) is 0 Å². The van der Waals surface area contributed by atoms with Gasteiger partial charge in [-0.3, -0.25) is 9.13 Å². The van der Waals surface area contributed by atoms with Crippen molar-refractivity contribution in [3.8, 4) is 5.75 Å². The summed E-state index contributed by atoms with van der Waals surface area (Å²) in [5.41, 5.74) is 2.67. The van der Waals surface area contributed by atoms with E-state index in [4.69, 9.17) is 42.7 Å². The molecule has 2 aliphatic heterocycles. The van der Waals surface area contributed by atoms with Crippen molar-refractivity contribution in [2.45, 2.75) is 12.2 Å². The fourth-order valence-corrected chi connectivity index (χ4v) is 5.12. The molecule has 2 N–H and O–H groups in total. The Hall–Kier alpha value is -3.76. The van der Waals surface area contributed by atoms with Crippen molar-refractivity contribution >= 4 is 63.5 Å². The van der Waals surface area contributed by atoms with Crippen LogP contribution in [-0.4, -0.2) is 42.7 Å². The molecule has 2 unspecified atom stereocenters. The Balaban J connectivity index is 1.41. The van der Waals surface area contributed by atoms with Crippen LogP contribution in [0.5, 0.6) is 5.75 Å². The van der Waals surface area contributed by atoms with E-state index in [9.17, 15) is 9.59 Å². The van der Waals surface area contributed by atoms with Crippen molar-refractivity contribution in [2.75, 3.05) is 0 Å². The van der Waals surface area contributed by atoms with Crippen LogP contribution in [0.1, 0.15) is 0 Å². The number of halogens is 2. The predicted octanol–water partition coefficient (Wildman–Crippen LogP) is 0.756. The van der Waals surface area contributed by atoms with Gasteiger partial charge in [-0.05, 0) is 18.2 Å². The molecule has 0 radical (unpaired) electrons. The molecular weight excluding hydrogens is 483 g/mol. The number of aryl methyl sites for hydroxylation is 1. The molecule has 4 aliphatic rings. The number of rotatable bonds is 0. The average molecular weight is 497 g/mol. The molecule has 4 heterocycles.